The molecule has 0 saturated carbocycles. The first-order chi connectivity index (χ1) is 8.66. The van der Waals surface area contributed by atoms with Crippen molar-refractivity contribution < 1.29 is 4.74 Å². The van der Waals surface area contributed by atoms with Crippen molar-refractivity contribution in [2.24, 2.45) is 5.73 Å². The minimum absolute atomic E-state index is 0.167. The molecule has 18 heavy (non-hydrogen) atoms. The summed E-state index contributed by atoms with van der Waals surface area (Å²) in [4.78, 5) is 1.57. The molecule has 1 unspecified atom stereocenters. The molecule has 2 rings (SSSR count). The van der Waals surface area contributed by atoms with Crippen molar-refractivity contribution in [3.63, 3.8) is 0 Å². The summed E-state index contributed by atoms with van der Waals surface area (Å²) in [5.74, 6) is 0. The highest BCUT2D eigenvalue weighted by Crippen LogP contribution is 2.10. The zero-order chi connectivity index (χ0) is 13.0. The SMILES string of the molecule is CC(C)OCC(N)c1cnn(-c2ccccc2)n1. The Morgan fingerprint density at radius 2 is 2.00 bits per heavy atom. The molecule has 1 aromatic carbocycles. The Morgan fingerprint density at radius 3 is 2.67 bits per heavy atom. The van der Waals surface area contributed by atoms with Gasteiger partial charge in [0.15, 0.2) is 0 Å². The second kappa shape index (κ2) is 5.75. The molecule has 0 radical (unpaired) electrons. The van der Waals surface area contributed by atoms with Gasteiger partial charge in [0.1, 0.15) is 5.69 Å². The number of hydrogen-bond donors (Lipinski definition) is 1. The van der Waals surface area contributed by atoms with E-state index in [-0.39, 0.29) is 12.1 Å². The molecule has 5 nitrogen and oxygen atoms in total. The normalized spacial score (nSPS) is 12.9. The van der Waals surface area contributed by atoms with Gasteiger partial charge in [-0.15, -0.1) is 0 Å². The van der Waals surface area contributed by atoms with Crippen molar-refractivity contribution in [2.45, 2.75) is 26.0 Å². The molecule has 5 heteroatoms. The van der Waals surface area contributed by atoms with Crippen molar-refractivity contribution >= 4 is 0 Å². The van der Waals surface area contributed by atoms with Crippen molar-refractivity contribution in [1.29, 1.82) is 0 Å². The van der Waals surface area contributed by atoms with Crippen LogP contribution in [0.15, 0.2) is 36.5 Å². The summed E-state index contributed by atoms with van der Waals surface area (Å²) < 4.78 is 5.47. The second-order valence-electron chi connectivity index (χ2n) is 4.38. The Balaban J connectivity index is 2.06. The van der Waals surface area contributed by atoms with E-state index in [1.165, 1.54) is 0 Å². The molecule has 0 bridgehead atoms. The fourth-order valence-electron chi connectivity index (χ4n) is 1.51. The maximum atomic E-state index is 5.99. The lowest BCUT2D eigenvalue weighted by molar-refractivity contribution is 0.0676. The summed E-state index contributed by atoms with van der Waals surface area (Å²) in [5, 5.41) is 8.56. The fourth-order valence-corrected chi connectivity index (χ4v) is 1.51. The maximum absolute atomic E-state index is 5.99. The summed E-state index contributed by atoms with van der Waals surface area (Å²) in [6.07, 6.45) is 1.85. The zero-order valence-electron chi connectivity index (χ0n) is 10.7. The number of rotatable bonds is 5. The van der Waals surface area contributed by atoms with Gasteiger partial charge < -0.3 is 10.5 Å². The van der Waals surface area contributed by atoms with Crippen LogP contribution in [0.25, 0.3) is 5.69 Å². The van der Waals surface area contributed by atoms with Crippen LogP contribution in [0, 0.1) is 0 Å². The molecule has 0 spiro atoms. The van der Waals surface area contributed by atoms with Crippen LogP contribution >= 0.6 is 0 Å². The van der Waals surface area contributed by atoms with E-state index in [0.717, 1.165) is 11.4 Å². The summed E-state index contributed by atoms with van der Waals surface area (Å²) >= 11 is 0. The Labute approximate surface area is 107 Å². The first-order valence-corrected chi connectivity index (χ1v) is 6.01. The number of nitrogens with zero attached hydrogens (tertiary/aromatic N) is 3. The summed E-state index contributed by atoms with van der Waals surface area (Å²) in [5.41, 5.74) is 7.65. The monoisotopic (exact) mass is 246 g/mol. The molecular weight excluding hydrogens is 228 g/mol. The lowest BCUT2D eigenvalue weighted by atomic mass is 10.2. The van der Waals surface area contributed by atoms with Gasteiger partial charge in [-0.2, -0.15) is 15.0 Å². The number of benzene rings is 1. The molecule has 0 aliphatic carbocycles. The van der Waals surface area contributed by atoms with Crippen LogP contribution in [0.4, 0.5) is 0 Å². The van der Waals surface area contributed by atoms with E-state index in [2.05, 4.69) is 10.2 Å². The smallest absolute Gasteiger partial charge is 0.102 e. The molecule has 2 N–H and O–H groups in total. The number of hydrogen-bond acceptors (Lipinski definition) is 4. The third-order valence-corrected chi connectivity index (χ3v) is 2.49. The largest absolute Gasteiger partial charge is 0.377 e. The van der Waals surface area contributed by atoms with E-state index in [1.807, 2.05) is 44.2 Å². The van der Waals surface area contributed by atoms with Gasteiger partial charge in [0, 0.05) is 0 Å². The van der Waals surface area contributed by atoms with Crippen molar-refractivity contribution in [1.82, 2.24) is 15.0 Å². The summed E-state index contributed by atoms with van der Waals surface area (Å²) in [6.45, 7) is 4.41. The Hall–Kier alpha value is -1.72. The lowest BCUT2D eigenvalue weighted by Gasteiger charge is -2.11. The molecule has 0 amide bonds. The van der Waals surface area contributed by atoms with Gasteiger partial charge in [-0.3, -0.25) is 0 Å². The highest BCUT2D eigenvalue weighted by molar-refractivity contribution is 5.28. The Kier molecular flexibility index (Phi) is 4.07. The van der Waals surface area contributed by atoms with Gasteiger partial charge in [0.25, 0.3) is 0 Å². The third kappa shape index (κ3) is 3.15. The predicted molar refractivity (Wildman–Crippen MR) is 69.4 cm³/mol. The molecule has 1 aromatic heterocycles. The van der Waals surface area contributed by atoms with E-state index in [0.29, 0.717) is 6.61 Å². The molecule has 0 saturated heterocycles. The minimum atomic E-state index is -0.245. The highest BCUT2D eigenvalue weighted by Gasteiger charge is 2.12. The molecule has 0 fully saturated rings. The first kappa shape index (κ1) is 12.7. The minimum Gasteiger partial charge on any atom is -0.377 e. The second-order valence-corrected chi connectivity index (χ2v) is 4.38. The molecular formula is C13H18N4O. The lowest BCUT2D eigenvalue weighted by Crippen LogP contribution is -2.20. The van der Waals surface area contributed by atoms with E-state index in [1.54, 1.807) is 11.0 Å². The highest BCUT2D eigenvalue weighted by atomic mass is 16.5. The van der Waals surface area contributed by atoms with Gasteiger partial charge in [-0.25, -0.2) is 0 Å². The first-order valence-electron chi connectivity index (χ1n) is 6.01. The molecule has 0 aliphatic rings. The van der Waals surface area contributed by atoms with E-state index in [9.17, 15) is 0 Å². The summed E-state index contributed by atoms with van der Waals surface area (Å²) in [7, 11) is 0. The van der Waals surface area contributed by atoms with Crippen molar-refractivity contribution in [3.8, 4) is 5.69 Å². The van der Waals surface area contributed by atoms with Crippen LogP contribution in [0.3, 0.4) is 0 Å². The topological polar surface area (TPSA) is 66.0 Å². The van der Waals surface area contributed by atoms with Gasteiger partial charge in [-0.1, -0.05) is 18.2 Å². The number of nitrogens with two attached hydrogens (primary N) is 1. The molecule has 0 aliphatic heterocycles. The maximum Gasteiger partial charge on any atom is 0.102 e. The van der Waals surface area contributed by atoms with Gasteiger partial charge in [-0.05, 0) is 26.0 Å². The van der Waals surface area contributed by atoms with Crippen LogP contribution in [0.2, 0.25) is 0 Å². The van der Waals surface area contributed by atoms with Crippen LogP contribution in [0.5, 0.6) is 0 Å². The summed E-state index contributed by atoms with van der Waals surface area (Å²) in [6, 6.07) is 9.49. The van der Waals surface area contributed by atoms with Crippen LogP contribution in [-0.4, -0.2) is 27.7 Å². The molecule has 1 heterocycles. The van der Waals surface area contributed by atoms with E-state index < -0.39 is 0 Å². The molecule has 96 valence electrons. The van der Waals surface area contributed by atoms with E-state index >= 15 is 0 Å². The van der Waals surface area contributed by atoms with Crippen molar-refractivity contribution in [2.75, 3.05) is 6.61 Å². The van der Waals surface area contributed by atoms with Crippen LogP contribution < -0.4 is 5.73 Å². The number of ether oxygens (including phenoxy) is 1. The van der Waals surface area contributed by atoms with Crippen molar-refractivity contribution in [3.05, 3.63) is 42.2 Å². The fraction of sp³-hybridized carbons (Fsp3) is 0.385. The van der Waals surface area contributed by atoms with Crippen LogP contribution in [-0.2, 0) is 4.74 Å². The molecule has 1 atom stereocenters. The third-order valence-electron chi connectivity index (χ3n) is 2.49. The standard InChI is InChI=1S/C13H18N4O/c1-10(2)18-9-12(14)13-8-15-17(16-13)11-6-4-3-5-7-11/h3-8,10,12H,9,14H2,1-2H3. The predicted octanol–water partition coefficient (Wildman–Crippen LogP) is 1.69. The van der Waals surface area contributed by atoms with Gasteiger partial charge in [0.2, 0.25) is 0 Å². The quantitative estimate of drug-likeness (QED) is 0.872. The zero-order valence-corrected chi connectivity index (χ0v) is 10.7. The molecule has 2 aromatic rings. The Morgan fingerprint density at radius 1 is 1.28 bits per heavy atom. The Bertz CT molecular complexity index is 481. The van der Waals surface area contributed by atoms with Gasteiger partial charge >= 0.3 is 0 Å². The average molecular weight is 246 g/mol. The average Bonchev–Trinajstić information content (AvgIpc) is 2.86. The van der Waals surface area contributed by atoms with Crippen LogP contribution in [0.1, 0.15) is 25.6 Å². The van der Waals surface area contributed by atoms with Gasteiger partial charge in [0.05, 0.1) is 30.6 Å². The van der Waals surface area contributed by atoms with E-state index in [4.69, 9.17) is 10.5 Å². The number of para-hydroxylation sites is 1. The number of aromatic nitrogens is 3.